The van der Waals surface area contributed by atoms with E-state index in [1.54, 1.807) is 13.0 Å². The molecule has 2 rings (SSSR count). The molecule has 92 valence electrons. The summed E-state index contributed by atoms with van der Waals surface area (Å²) in [4.78, 5) is 12.1. The molecule has 1 aliphatic carbocycles. The predicted molar refractivity (Wildman–Crippen MR) is 65.1 cm³/mol. The Kier molecular flexibility index (Phi) is 3.15. The van der Waals surface area contributed by atoms with Gasteiger partial charge in [0.25, 0.3) is 0 Å². The molecule has 1 fully saturated rings. The summed E-state index contributed by atoms with van der Waals surface area (Å²) in [6, 6.07) is 4.51. The summed E-state index contributed by atoms with van der Waals surface area (Å²) in [6.07, 6.45) is 2.68. The van der Waals surface area contributed by atoms with Gasteiger partial charge < -0.3 is 11.1 Å². The van der Waals surface area contributed by atoms with Gasteiger partial charge in [-0.3, -0.25) is 4.79 Å². The van der Waals surface area contributed by atoms with Crippen LogP contribution in [0.25, 0.3) is 0 Å². The molecule has 17 heavy (non-hydrogen) atoms. The zero-order valence-corrected chi connectivity index (χ0v) is 9.92. The number of hydrogen-bond donors (Lipinski definition) is 2. The highest BCUT2D eigenvalue weighted by atomic mass is 19.1. The van der Waals surface area contributed by atoms with Crippen LogP contribution < -0.4 is 11.1 Å². The Labute approximate surface area is 100 Å². The number of nitrogens with one attached hydrogen (secondary N) is 1. The van der Waals surface area contributed by atoms with E-state index in [1.807, 2.05) is 0 Å². The third kappa shape index (κ3) is 2.31. The lowest BCUT2D eigenvalue weighted by Crippen LogP contribution is -2.47. The largest absolute Gasteiger partial charge is 0.329 e. The molecule has 0 atom stereocenters. The van der Waals surface area contributed by atoms with Gasteiger partial charge in [0, 0.05) is 12.2 Å². The summed E-state index contributed by atoms with van der Waals surface area (Å²) in [6.45, 7) is 2.15. The smallest absolute Gasteiger partial charge is 0.231 e. The lowest BCUT2D eigenvalue weighted by molar-refractivity contribution is -0.129. The molecule has 0 bridgehead atoms. The highest BCUT2D eigenvalue weighted by molar-refractivity contribution is 5.96. The molecular formula is C13H17FN2O. The Morgan fingerprint density at radius 1 is 1.47 bits per heavy atom. The van der Waals surface area contributed by atoms with Crippen molar-refractivity contribution in [1.29, 1.82) is 0 Å². The van der Waals surface area contributed by atoms with Crippen LogP contribution in [0.3, 0.4) is 0 Å². The fourth-order valence-electron chi connectivity index (χ4n) is 2.20. The summed E-state index contributed by atoms with van der Waals surface area (Å²) < 4.78 is 13.2. The van der Waals surface area contributed by atoms with Gasteiger partial charge in [-0.1, -0.05) is 6.42 Å². The fraction of sp³-hybridized carbons (Fsp3) is 0.462. The van der Waals surface area contributed by atoms with Crippen LogP contribution in [-0.2, 0) is 4.79 Å². The number of anilines is 1. The summed E-state index contributed by atoms with van der Waals surface area (Å²) in [7, 11) is 0. The second kappa shape index (κ2) is 4.45. The molecule has 1 aromatic carbocycles. The maximum absolute atomic E-state index is 13.2. The standard InChI is InChI=1S/C13H17FN2O/c1-9-5-10(14)7-11(6-9)16-12(17)13(8-15)3-2-4-13/h5-7H,2-4,8,15H2,1H3,(H,16,17). The fourth-order valence-corrected chi connectivity index (χ4v) is 2.20. The Balaban J connectivity index is 2.12. The van der Waals surface area contributed by atoms with Crippen LogP contribution in [0, 0.1) is 18.2 Å². The van der Waals surface area contributed by atoms with Crippen LogP contribution >= 0.6 is 0 Å². The first-order chi connectivity index (χ1) is 8.05. The number of nitrogens with two attached hydrogens (primary N) is 1. The van der Waals surface area contributed by atoms with E-state index in [4.69, 9.17) is 5.73 Å². The first kappa shape index (κ1) is 12.0. The average Bonchev–Trinajstić information content (AvgIpc) is 2.14. The van der Waals surface area contributed by atoms with Crippen LogP contribution in [0.15, 0.2) is 18.2 Å². The molecule has 1 aromatic rings. The molecule has 0 saturated heterocycles. The van der Waals surface area contributed by atoms with Gasteiger partial charge in [-0.25, -0.2) is 4.39 Å². The number of carbonyl (C=O) groups excluding carboxylic acids is 1. The van der Waals surface area contributed by atoms with Gasteiger partial charge in [-0.15, -0.1) is 0 Å². The second-order valence-corrected chi connectivity index (χ2v) is 4.81. The van der Waals surface area contributed by atoms with Crippen molar-refractivity contribution >= 4 is 11.6 Å². The van der Waals surface area contributed by atoms with E-state index in [1.165, 1.54) is 12.1 Å². The minimum atomic E-state index is -0.430. The summed E-state index contributed by atoms with van der Waals surface area (Å²) in [5, 5.41) is 2.76. The number of amides is 1. The summed E-state index contributed by atoms with van der Waals surface area (Å²) >= 11 is 0. The third-order valence-electron chi connectivity index (χ3n) is 3.48. The Morgan fingerprint density at radius 2 is 2.18 bits per heavy atom. The van der Waals surface area contributed by atoms with Crippen LogP contribution in [0.4, 0.5) is 10.1 Å². The second-order valence-electron chi connectivity index (χ2n) is 4.81. The molecule has 0 aliphatic heterocycles. The number of benzene rings is 1. The number of rotatable bonds is 3. The van der Waals surface area contributed by atoms with Crippen molar-refractivity contribution in [3.8, 4) is 0 Å². The molecular weight excluding hydrogens is 219 g/mol. The predicted octanol–water partition coefficient (Wildman–Crippen LogP) is 2.20. The van der Waals surface area contributed by atoms with Gasteiger partial charge in [0.15, 0.2) is 0 Å². The van der Waals surface area contributed by atoms with Crippen molar-refractivity contribution in [3.05, 3.63) is 29.6 Å². The molecule has 4 heteroatoms. The van der Waals surface area contributed by atoms with E-state index in [0.29, 0.717) is 12.2 Å². The zero-order valence-electron chi connectivity index (χ0n) is 9.92. The van der Waals surface area contributed by atoms with Gasteiger partial charge >= 0.3 is 0 Å². The molecule has 0 heterocycles. The SMILES string of the molecule is Cc1cc(F)cc(NC(=O)C2(CN)CCC2)c1. The van der Waals surface area contributed by atoms with Crippen molar-refractivity contribution in [3.63, 3.8) is 0 Å². The van der Waals surface area contributed by atoms with Gasteiger partial charge in [0.2, 0.25) is 5.91 Å². The average molecular weight is 236 g/mol. The first-order valence-electron chi connectivity index (χ1n) is 5.84. The van der Waals surface area contributed by atoms with Gasteiger partial charge in [-0.2, -0.15) is 0 Å². The van der Waals surface area contributed by atoms with Crippen LogP contribution in [-0.4, -0.2) is 12.5 Å². The number of hydrogen-bond acceptors (Lipinski definition) is 2. The van der Waals surface area contributed by atoms with E-state index in [9.17, 15) is 9.18 Å². The van der Waals surface area contributed by atoms with Crippen molar-refractivity contribution in [1.82, 2.24) is 0 Å². The van der Waals surface area contributed by atoms with Crippen LogP contribution in [0.1, 0.15) is 24.8 Å². The Hall–Kier alpha value is -1.42. The van der Waals surface area contributed by atoms with E-state index >= 15 is 0 Å². The third-order valence-corrected chi connectivity index (χ3v) is 3.48. The highest BCUT2D eigenvalue weighted by Gasteiger charge is 2.42. The molecule has 0 aromatic heterocycles. The summed E-state index contributed by atoms with van der Waals surface area (Å²) in [5.41, 5.74) is 6.51. The molecule has 3 N–H and O–H groups in total. The highest BCUT2D eigenvalue weighted by Crippen LogP contribution is 2.40. The number of aryl methyl sites for hydroxylation is 1. The Morgan fingerprint density at radius 3 is 2.65 bits per heavy atom. The van der Waals surface area contributed by atoms with E-state index in [-0.39, 0.29) is 11.7 Å². The molecule has 0 radical (unpaired) electrons. The maximum Gasteiger partial charge on any atom is 0.231 e. The molecule has 1 saturated carbocycles. The Bertz CT molecular complexity index is 415. The monoisotopic (exact) mass is 236 g/mol. The summed E-state index contributed by atoms with van der Waals surface area (Å²) in [5.74, 6) is -0.424. The molecule has 1 amide bonds. The van der Waals surface area contributed by atoms with Gasteiger partial charge in [0.1, 0.15) is 5.82 Å². The van der Waals surface area contributed by atoms with Crippen molar-refractivity contribution in [2.75, 3.05) is 11.9 Å². The minimum Gasteiger partial charge on any atom is -0.329 e. The molecule has 0 spiro atoms. The van der Waals surface area contributed by atoms with Gasteiger partial charge in [-0.05, 0) is 43.5 Å². The van der Waals surface area contributed by atoms with Crippen molar-refractivity contribution in [2.24, 2.45) is 11.1 Å². The van der Waals surface area contributed by atoms with Crippen molar-refractivity contribution < 1.29 is 9.18 Å². The normalized spacial score (nSPS) is 17.4. The zero-order chi connectivity index (χ0) is 12.5. The van der Waals surface area contributed by atoms with E-state index in [0.717, 1.165) is 24.8 Å². The van der Waals surface area contributed by atoms with E-state index < -0.39 is 5.41 Å². The molecule has 3 nitrogen and oxygen atoms in total. The van der Waals surface area contributed by atoms with Gasteiger partial charge in [0.05, 0.1) is 5.41 Å². The topological polar surface area (TPSA) is 55.1 Å². The van der Waals surface area contributed by atoms with E-state index in [2.05, 4.69) is 5.32 Å². The lowest BCUT2D eigenvalue weighted by atomic mass is 9.68. The van der Waals surface area contributed by atoms with Crippen molar-refractivity contribution in [2.45, 2.75) is 26.2 Å². The minimum absolute atomic E-state index is 0.0868. The quantitative estimate of drug-likeness (QED) is 0.845. The van der Waals surface area contributed by atoms with Crippen LogP contribution in [0.2, 0.25) is 0 Å². The lowest BCUT2D eigenvalue weighted by Gasteiger charge is -2.39. The maximum atomic E-state index is 13.2. The molecule has 1 aliphatic rings. The first-order valence-corrected chi connectivity index (χ1v) is 5.84. The van der Waals surface area contributed by atoms with Crippen LogP contribution in [0.5, 0.6) is 0 Å². The number of carbonyl (C=O) groups is 1. The number of halogens is 1. The molecule has 0 unspecified atom stereocenters.